The van der Waals surface area contributed by atoms with Crippen LogP contribution >= 0.6 is 0 Å². The quantitative estimate of drug-likeness (QED) is 0.532. The van der Waals surface area contributed by atoms with Crippen LogP contribution in [0.1, 0.15) is 12.5 Å². The SMILES string of the molecule is CCOc1ccc(N2C(=O)NC(=O)/C(=C/c3ccccc3OCC(=O)[O-])C2=O)cc1. The first-order valence-corrected chi connectivity index (χ1v) is 8.96. The standard InChI is InChI=1S/C21H18N2O7/c1-2-29-15-9-7-14(8-10-15)23-20(27)16(19(26)22-21(23)28)11-13-5-3-4-6-17(13)30-12-18(24)25/h3-11H,2,12H2,1H3,(H,24,25)(H,22,26,28)/p-1/b16-11-. The number of hydrogen-bond donors (Lipinski definition) is 1. The number of anilines is 1. The normalized spacial score (nSPS) is 15.2. The lowest BCUT2D eigenvalue weighted by molar-refractivity contribution is -0.307. The van der Waals surface area contributed by atoms with Crippen LogP contribution in [0.4, 0.5) is 10.5 Å². The molecule has 1 fully saturated rings. The lowest BCUT2D eigenvalue weighted by atomic mass is 10.1. The molecule has 2 aromatic rings. The second-order valence-corrected chi connectivity index (χ2v) is 6.08. The Morgan fingerprint density at radius 3 is 2.43 bits per heavy atom. The van der Waals surface area contributed by atoms with Gasteiger partial charge in [-0.1, -0.05) is 18.2 Å². The van der Waals surface area contributed by atoms with Crippen LogP contribution in [0.15, 0.2) is 54.1 Å². The summed E-state index contributed by atoms with van der Waals surface area (Å²) >= 11 is 0. The molecule has 1 N–H and O–H groups in total. The summed E-state index contributed by atoms with van der Waals surface area (Å²) in [5, 5.41) is 12.8. The van der Waals surface area contributed by atoms with E-state index in [1.165, 1.54) is 30.3 Å². The molecule has 9 heteroatoms. The monoisotopic (exact) mass is 409 g/mol. The zero-order chi connectivity index (χ0) is 21.7. The molecule has 30 heavy (non-hydrogen) atoms. The summed E-state index contributed by atoms with van der Waals surface area (Å²) in [6.07, 6.45) is 1.23. The number of imide groups is 2. The second-order valence-electron chi connectivity index (χ2n) is 6.08. The van der Waals surface area contributed by atoms with Gasteiger partial charge in [-0.05, 0) is 43.3 Å². The van der Waals surface area contributed by atoms with E-state index in [1.54, 1.807) is 24.3 Å². The number of nitrogens with one attached hydrogen (secondary N) is 1. The van der Waals surface area contributed by atoms with E-state index < -0.39 is 30.4 Å². The summed E-state index contributed by atoms with van der Waals surface area (Å²) in [7, 11) is 0. The highest BCUT2D eigenvalue weighted by Crippen LogP contribution is 2.26. The zero-order valence-electron chi connectivity index (χ0n) is 15.9. The van der Waals surface area contributed by atoms with E-state index in [2.05, 4.69) is 5.32 Å². The maximum atomic E-state index is 12.9. The molecule has 0 unspecified atom stereocenters. The number of carbonyl (C=O) groups is 4. The van der Waals surface area contributed by atoms with Crippen LogP contribution in [0.25, 0.3) is 6.08 Å². The first-order chi connectivity index (χ1) is 14.4. The number of carboxylic acids is 1. The minimum atomic E-state index is -1.42. The largest absolute Gasteiger partial charge is 0.546 e. The molecular weight excluding hydrogens is 392 g/mol. The van der Waals surface area contributed by atoms with E-state index >= 15 is 0 Å². The molecule has 4 amide bonds. The number of carboxylic acid groups (broad SMARTS) is 1. The van der Waals surface area contributed by atoms with Crippen molar-refractivity contribution in [2.45, 2.75) is 6.92 Å². The summed E-state index contributed by atoms with van der Waals surface area (Å²) in [6, 6.07) is 11.6. The maximum absolute atomic E-state index is 12.9. The van der Waals surface area contributed by atoms with Crippen molar-refractivity contribution < 1.29 is 33.8 Å². The van der Waals surface area contributed by atoms with Gasteiger partial charge in [0.1, 0.15) is 23.7 Å². The van der Waals surface area contributed by atoms with Crippen molar-refractivity contribution >= 4 is 35.6 Å². The van der Waals surface area contributed by atoms with Crippen LogP contribution < -0.4 is 24.8 Å². The van der Waals surface area contributed by atoms with E-state index in [9.17, 15) is 24.3 Å². The summed E-state index contributed by atoms with van der Waals surface area (Å²) in [4.78, 5) is 49.0. The molecule has 0 aromatic heterocycles. The third-order valence-electron chi connectivity index (χ3n) is 4.07. The highest BCUT2D eigenvalue weighted by molar-refractivity contribution is 6.39. The fourth-order valence-corrected chi connectivity index (χ4v) is 2.77. The highest BCUT2D eigenvalue weighted by atomic mass is 16.5. The molecule has 1 aliphatic heterocycles. The number of amides is 4. The molecular formula is C21H17N2O7-. The van der Waals surface area contributed by atoms with Gasteiger partial charge in [0.25, 0.3) is 11.8 Å². The van der Waals surface area contributed by atoms with Crippen molar-refractivity contribution in [3.05, 3.63) is 59.7 Å². The van der Waals surface area contributed by atoms with E-state index in [0.717, 1.165) is 4.90 Å². The lowest BCUT2D eigenvalue weighted by Gasteiger charge is -2.26. The van der Waals surface area contributed by atoms with Gasteiger partial charge >= 0.3 is 6.03 Å². The van der Waals surface area contributed by atoms with Crippen molar-refractivity contribution in [1.82, 2.24) is 5.32 Å². The van der Waals surface area contributed by atoms with E-state index in [1.807, 2.05) is 6.92 Å². The van der Waals surface area contributed by atoms with E-state index in [4.69, 9.17) is 9.47 Å². The summed E-state index contributed by atoms with van der Waals surface area (Å²) < 4.78 is 10.5. The van der Waals surface area contributed by atoms with Crippen molar-refractivity contribution in [3.8, 4) is 11.5 Å². The van der Waals surface area contributed by atoms with E-state index in [0.29, 0.717) is 17.9 Å². The van der Waals surface area contributed by atoms with Crippen LogP contribution in [0.2, 0.25) is 0 Å². The topological polar surface area (TPSA) is 125 Å². The molecule has 0 spiro atoms. The van der Waals surface area contributed by atoms with Gasteiger partial charge in [-0.3, -0.25) is 14.9 Å². The van der Waals surface area contributed by atoms with Gasteiger partial charge in [-0.25, -0.2) is 9.69 Å². The number of nitrogens with zero attached hydrogens (tertiary/aromatic N) is 1. The van der Waals surface area contributed by atoms with Gasteiger partial charge in [0.15, 0.2) is 0 Å². The van der Waals surface area contributed by atoms with Crippen LogP contribution in [0.5, 0.6) is 11.5 Å². The molecule has 2 aromatic carbocycles. The third kappa shape index (κ3) is 4.46. The number of carbonyl (C=O) groups excluding carboxylic acids is 4. The van der Waals surface area contributed by atoms with Gasteiger partial charge in [0.05, 0.1) is 18.3 Å². The maximum Gasteiger partial charge on any atom is 0.335 e. The first-order valence-electron chi connectivity index (χ1n) is 8.96. The Labute approximate surface area is 171 Å². The molecule has 0 radical (unpaired) electrons. The third-order valence-corrected chi connectivity index (χ3v) is 4.07. The number of hydrogen-bond acceptors (Lipinski definition) is 7. The molecule has 0 aliphatic carbocycles. The Morgan fingerprint density at radius 1 is 1.07 bits per heavy atom. The predicted octanol–water partition coefficient (Wildman–Crippen LogP) is 0.880. The average molecular weight is 409 g/mol. The van der Waals surface area contributed by atoms with Crippen molar-refractivity contribution in [2.24, 2.45) is 0 Å². The molecule has 3 rings (SSSR count). The number of benzene rings is 2. The molecule has 0 saturated carbocycles. The molecule has 1 saturated heterocycles. The Kier molecular flexibility index (Phi) is 6.11. The summed E-state index contributed by atoms with van der Waals surface area (Å²) in [6.45, 7) is 1.59. The number of ether oxygens (including phenoxy) is 2. The molecule has 154 valence electrons. The van der Waals surface area contributed by atoms with Crippen molar-refractivity contribution in [1.29, 1.82) is 0 Å². The van der Waals surface area contributed by atoms with Gasteiger partial charge in [-0.2, -0.15) is 0 Å². The van der Waals surface area contributed by atoms with Crippen molar-refractivity contribution in [3.63, 3.8) is 0 Å². The number of rotatable bonds is 7. The first kappa shape index (κ1) is 20.6. The zero-order valence-corrected chi connectivity index (χ0v) is 15.9. The van der Waals surface area contributed by atoms with Crippen LogP contribution in [-0.2, 0) is 14.4 Å². The predicted molar refractivity (Wildman–Crippen MR) is 104 cm³/mol. The minimum Gasteiger partial charge on any atom is -0.546 e. The van der Waals surface area contributed by atoms with Crippen molar-refractivity contribution in [2.75, 3.05) is 18.1 Å². The lowest BCUT2D eigenvalue weighted by Crippen LogP contribution is -2.54. The summed E-state index contributed by atoms with van der Waals surface area (Å²) in [5.74, 6) is -2.42. The van der Waals surface area contributed by atoms with Crippen LogP contribution in [0, 0.1) is 0 Å². The van der Waals surface area contributed by atoms with Gasteiger partial charge in [0.2, 0.25) is 0 Å². The Morgan fingerprint density at radius 2 is 1.77 bits per heavy atom. The van der Waals surface area contributed by atoms with E-state index in [-0.39, 0.29) is 17.0 Å². The highest BCUT2D eigenvalue weighted by Gasteiger charge is 2.37. The second kappa shape index (κ2) is 8.91. The number of urea groups is 1. The average Bonchev–Trinajstić information content (AvgIpc) is 2.71. The number of aliphatic carboxylic acids is 1. The Bertz CT molecular complexity index is 1030. The minimum absolute atomic E-state index is 0.138. The number of para-hydroxylation sites is 1. The Balaban J connectivity index is 1.94. The van der Waals surface area contributed by atoms with Crippen LogP contribution in [-0.4, -0.2) is 37.0 Å². The molecule has 1 heterocycles. The molecule has 1 aliphatic rings. The summed E-state index contributed by atoms with van der Waals surface area (Å²) in [5.41, 5.74) is 0.229. The van der Waals surface area contributed by atoms with Gasteiger partial charge in [0, 0.05) is 5.56 Å². The van der Waals surface area contributed by atoms with Gasteiger partial charge in [-0.15, -0.1) is 0 Å². The van der Waals surface area contributed by atoms with Gasteiger partial charge < -0.3 is 19.4 Å². The molecule has 0 atom stereocenters. The fourth-order valence-electron chi connectivity index (χ4n) is 2.77. The Hall–Kier alpha value is -4.14. The number of barbiturate groups is 1. The fraction of sp³-hybridized carbons (Fsp3) is 0.143. The van der Waals surface area contributed by atoms with Crippen LogP contribution in [0.3, 0.4) is 0 Å². The molecule has 0 bridgehead atoms. The smallest absolute Gasteiger partial charge is 0.335 e. The molecule has 9 nitrogen and oxygen atoms in total.